The summed E-state index contributed by atoms with van der Waals surface area (Å²) in [6.45, 7) is 4.40. The van der Waals surface area contributed by atoms with Crippen molar-refractivity contribution in [2.75, 3.05) is 24.3 Å². The zero-order valence-electron chi connectivity index (χ0n) is 17.6. The van der Waals surface area contributed by atoms with Crippen molar-refractivity contribution >= 4 is 23.0 Å². The molecule has 4 N–H and O–H groups in total. The van der Waals surface area contributed by atoms with Crippen molar-refractivity contribution in [1.82, 2.24) is 5.32 Å². The lowest BCUT2D eigenvalue weighted by Crippen LogP contribution is -2.37. The maximum Gasteiger partial charge on any atom is 0.254 e. The molecule has 1 amide bonds. The summed E-state index contributed by atoms with van der Waals surface area (Å²) >= 11 is 0. The number of amides is 1. The maximum absolute atomic E-state index is 12.3. The van der Waals surface area contributed by atoms with Crippen LogP contribution in [0.4, 0.5) is 17.1 Å². The molecule has 3 aromatic rings. The molecule has 0 aromatic heterocycles. The molecular formula is C23H25N3O5. The Kier molecular flexibility index (Phi) is 6.59. The number of hydrogen-bond acceptors (Lipinski definition) is 7. The van der Waals surface area contributed by atoms with Crippen molar-refractivity contribution in [3.8, 4) is 11.5 Å². The van der Waals surface area contributed by atoms with Gasteiger partial charge < -0.3 is 25.8 Å². The average molecular weight is 423 g/mol. The summed E-state index contributed by atoms with van der Waals surface area (Å²) in [6.07, 6.45) is 0.658. The zero-order valence-corrected chi connectivity index (χ0v) is 17.6. The van der Waals surface area contributed by atoms with Gasteiger partial charge in [0.05, 0.1) is 23.9 Å². The normalized spacial score (nSPS) is 11.7. The van der Waals surface area contributed by atoms with Crippen LogP contribution in [0.5, 0.6) is 11.5 Å². The Morgan fingerprint density at radius 2 is 1.77 bits per heavy atom. The number of phenolic OH excluding ortho intramolecular Hbond substituents is 1. The fraction of sp³-hybridized carbons (Fsp3) is 0.261. The highest BCUT2D eigenvalue weighted by atomic mass is 16.5. The van der Waals surface area contributed by atoms with Crippen LogP contribution in [-0.2, 0) is 0 Å². The SMILES string of the molecule is CCOc1cccc(C(CC)Nc2c(Nc3cccc(C(=O)NC)c3O)c(=O)c2=O)c1. The van der Waals surface area contributed by atoms with Crippen molar-refractivity contribution in [3.63, 3.8) is 0 Å². The molecule has 0 aliphatic heterocycles. The van der Waals surface area contributed by atoms with Crippen LogP contribution in [0.3, 0.4) is 0 Å². The van der Waals surface area contributed by atoms with E-state index in [2.05, 4.69) is 16.0 Å². The summed E-state index contributed by atoms with van der Waals surface area (Å²) in [7, 11) is 1.45. The fourth-order valence-electron chi connectivity index (χ4n) is 3.33. The molecule has 8 nitrogen and oxygen atoms in total. The van der Waals surface area contributed by atoms with Gasteiger partial charge in [-0.05, 0) is 43.2 Å². The van der Waals surface area contributed by atoms with Crippen LogP contribution < -0.4 is 31.5 Å². The van der Waals surface area contributed by atoms with Gasteiger partial charge in [-0.3, -0.25) is 14.4 Å². The van der Waals surface area contributed by atoms with E-state index in [9.17, 15) is 19.5 Å². The molecule has 0 saturated heterocycles. The molecule has 0 saturated carbocycles. The third-order valence-electron chi connectivity index (χ3n) is 4.98. The number of rotatable bonds is 9. The summed E-state index contributed by atoms with van der Waals surface area (Å²) in [5.41, 5.74) is -0.00867. The van der Waals surface area contributed by atoms with E-state index in [0.717, 1.165) is 11.3 Å². The quantitative estimate of drug-likeness (QED) is 0.309. The van der Waals surface area contributed by atoms with E-state index < -0.39 is 16.8 Å². The number of ether oxygens (including phenoxy) is 1. The van der Waals surface area contributed by atoms with Crippen LogP contribution in [0.1, 0.15) is 42.2 Å². The van der Waals surface area contributed by atoms with Crippen LogP contribution in [0.15, 0.2) is 52.1 Å². The van der Waals surface area contributed by atoms with Crippen molar-refractivity contribution in [2.24, 2.45) is 0 Å². The third-order valence-corrected chi connectivity index (χ3v) is 4.98. The Hall–Kier alpha value is -3.81. The standard InChI is InChI=1S/C23H25N3O5/c1-4-16(13-8-6-9-14(12-13)31-5-2)25-18-19(22(29)21(18)28)26-17-11-7-10-15(20(17)27)23(30)24-3/h6-12,16,25-27H,4-5H2,1-3H3,(H,24,30). The Balaban J connectivity index is 1.89. The number of para-hydroxylation sites is 1. The molecule has 0 spiro atoms. The largest absolute Gasteiger partial charge is 0.505 e. The number of nitrogens with one attached hydrogen (secondary N) is 3. The van der Waals surface area contributed by atoms with Gasteiger partial charge in [-0.15, -0.1) is 0 Å². The van der Waals surface area contributed by atoms with E-state index in [1.165, 1.54) is 19.2 Å². The van der Waals surface area contributed by atoms with Crippen LogP contribution in [0.25, 0.3) is 0 Å². The molecule has 0 heterocycles. The predicted octanol–water partition coefficient (Wildman–Crippen LogP) is 3.05. The summed E-state index contributed by atoms with van der Waals surface area (Å²) in [4.78, 5) is 36.4. The van der Waals surface area contributed by atoms with Crippen molar-refractivity contribution in [2.45, 2.75) is 26.3 Å². The molecule has 1 unspecified atom stereocenters. The number of phenols is 1. The van der Waals surface area contributed by atoms with Crippen molar-refractivity contribution in [1.29, 1.82) is 0 Å². The van der Waals surface area contributed by atoms with Crippen LogP contribution in [0.2, 0.25) is 0 Å². The molecule has 3 rings (SSSR count). The second kappa shape index (κ2) is 9.34. The molecule has 0 fully saturated rings. The highest BCUT2D eigenvalue weighted by molar-refractivity contribution is 5.99. The highest BCUT2D eigenvalue weighted by Gasteiger charge is 2.25. The summed E-state index contributed by atoms with van der Waals surface area (Å²) in [5.74, 6) is -0.0541. The number of carbonyl (C=O) groups excluding carboxylic acids is 1. The number of benzene rings is 2. The molecule has 1 atom stereocenters. The Labute approximate surface area is 179 Å². The first kappa shape index (κ1) is 21.9. The van der Waals surface area contributed by atoms with E-state index in [4.69, 9.17) is 4.74 Å². The monoisotopic (exact) mass is 423 g/mol. The third kappa shape index (κ3) is 4.37. The Bertz CT molecular complexity index is 1160. The van der Waals surface area contributed by atoms with Gasteiger partial charge in [0.2, 0.25) is 0 Å². The second-order valence-electron chi connectivity index (χ2n) is 6.92. The number of aromatic hydroxyl groups is 1. The van der Waals surface area contributed by atoms with Crippen LogP contribution in [0, 0.1) is 0 Å². The molecular weight excluding hydrogens is 398 g/mol. The number of carbonyl (C=O) groups is 1. The smallest absolute Gasteiger partial charge is 0.254 e. The lowest BCUT2D eigenvalue weighted by Gasteiger charge is -2.23. The van der Waals surface area contributed by atoms with Gasteiger partial charge in [0, 0.05) is 7.05 Å². The molecule has 0 aliphatic carbocycles. The van der Waals surface area contributed by atoms with E-state index >= 15 is 0 Å². The average Bonchev–Trinajstić information content (AvgIpc) is 2.79. The van der Waals surface area contributed by atoms with E-state index in [-0.39, 0.29) is 34.4 Å². The van der Waals surface area contributed by atoms with E-state index in [0.29, 0.717) is 13.0 Å². The molecule has 162 valence electrons. The maximum atomic E-state index is 12.3. The second-order valence-corrected chi connectivity index (χ2v) is 6.92. The minimum Gasteiger partial charge on any atom is -0.505 e. The summed E-state index contributed by atoms with van der Waals surface area (Å²) in [6, 6.07) is 11.8. The van der Waals surface area contributed by atoms with Gasteiger partial charge >= 0.3 is 0 Å². The van der Waals surface area contributed by atoms with Crippen molar-refractivity contribution < 1.29 is 14.6 Å². The Morgan fingerprint density at radius 3 is 2.45 bits per heavy atom. The lowest BCUT2D eigenvalue weighted by molar-refractivity contribution is 0.0960. The molecule has 0 radical (unpaired) electrons. The van der Waals surface area contributed by atoms with Gasteiger partial charge in [-0.25, -0.2) is 0 Å². The summed E-state index contributed by atoms with van der Waals surface area (Å²) in [5, 5.41) is 18.8. The zero-order chi connectivity index (χ0) is 22.5. The van der Waals surface area contributed by atoms with Gasteiger partial charge in [0.15, 0.2) is 5.75 Å². The summed E-state index contributed by atoms with van der Waals surface area (Å²) < 4.78 is 5.54. The minimum absolute atomic E-state index is 0.0498. The molecule has 0 aliphatic rings. The number of hydrogen-bond donors (Lipinski definition) is 4. The highest BCUT2D eigenvalue weighted by Crippen LogP contribution is 2.33. The molecule has 31 heavy (non-hydrogen) atoms. The first-order chi connectivity index (χ1) is 14.9. The molecule has 0 bridgehead atoms. The molecule has 8 heteroatoms. The van der Waals surface area contributed by atoms with Gasteiger partial charge in [-0.1, -0.05) is 25.1 Å². The van der Waals surface area contributed by atoms with Gasteiger partial charge in [0.25, 0.3) is 16.8 Å². The fourth-order valence-corrected chi connectivity index (χ4v) is 3.33. The van der Waals surface area contributed by atoms with Gasteiger partial charge in [-0.2, -0.15) is 0 Å². The molecule has 3 aromatic carbocycles. The van der Waals surface area contributed by atoms with E-state index in [1.807, 2.05) is 38.1 Å². The minimum atomic E-state index is -0.690. The Morgan fingerprint density at radius 1 is 1.06 bits per heavy atom. The van der Waals surface area contributed by atoms with Gasteiger partial charge in [0.1, 0.15) is 17.1 Å². The van der Waals surface area contributed by atoms with Crippen molar-refractivity contribution in [3.05, 3.63) is 74.0 Å². The first-order valence-corrected chi connectivity index (χ1v) is 10.0. The number of anilines is 3. The van der Waals surface area contributed by atoms with Crippen LogP contribution in [-0.4, -0.2) is 24.7 Å². The van der Waals surface area contributed by atoms with Crippen LogP contribution >= 0.6 is 0 Å². The lowest BCUT2D eigenvalue weighted by atomic mass is 10.0. The first-order valence-electron chi connectivity index (χ1n) is 10.0. The predicted molar refractivity (Wildman–Crippen MR) is 120 cm³/mol. The topological polar surface area (TPSA) is 117 Å². The van der Waals surface area contributed by atoms with E-state index in [1.54, 1.807) is 6.07 Å².